The minimum atomic E-state index is -0.260. The van der Waals surface area contributed by atoms with Gasteiger partial charge in [0.2, 0.25) is 0 Å². The first-order valence-corrected chi connectivity index (χ1v) is 5.31. The fourth-order valence-electron chi connectivity index (χ4n) is 2.72. The molecule has 0 radical (unpaired) electrons. The summed E-state index contributed by atoms with van der Waals surface area (Å²) in [6, 6.07) is 0. The third-order valence-electron chi connectivity index (χ3n) is 3.39. The van der Waals surface area contributed by atoms with E-state index in [4.69, 9.17) is 14.2 Å². The van der Waals surface area contributed by atoms with Crippen LogP contribution in [0.3, 0.4) is 0 Å². The van der Waals surface area contributed by atoms with Gasteiger partial charge in [0, 0.05) is 25.7 Å². The minimum absolute atomic E-state index is 0.260. The van der Waals surface area contributed by atoms with Crippen molar-refractivity contribution < 1.29 is 14.2 Å². The van der Waals surface area contributed by atoms with E-state index in [1.807, 2.05) is 0 Å². The minimum Gasteiger partial charge on any atom is -0.350 e. The highest BCUT2D eigenvalue weighted by Crippen LogP contribution is 2.48. The number of ether oxygens (including phenoxy) is 3. The van der Waals surface area contributed by atoms with Gasteiger partial charge >= 0.3 is 0 Å². The predicted molar refractivity (Wildman–Crippen MR) is 46.2 cm³/mol. The predicted octanol–water partition coefficient (Wildman–Crippen LogP) is 1.81. The molecular weight excluding hydrogens is 168 g/mol. The van der Waals surface area contributed by atoms with Crippen LogP contribution in [-0.4, -0.2) is 24.8 Å². The smallest absolute Gasteiger partial charge is 0.172 e. The van der Waals surface area contributed by atoms with Crippen molar-refractivity contribution in [1.82, 2.24) is 0 Å². The molecule has 0 saturated carbocycles. The molecule has 0 aromatic heterocycles. The molecule has 3 heterocycles. The van der Waals surface area contributed by atoms with Gasteiger partial charge in [-0.15, -0.1) is 0 Å². The van der Waals surface area contributed by atoms with Crippen LogP contribution in [0.2, 0.25) is 0 Å². The van der Waals surface area contributed by atoms with E-state index in [1.165, 1.54) is 0 Å². The monoisotopic (exact) mass is 184 g/mol. The summed E-state index contributed by atoms with van der Waals surface area (Å²) < 4.78 is 17.4. The highest BCUT2D eigenvalue weighted by Gasteiger charge is 2.53. The van der Waals surface area contributed by atoms with Gasteiger partial charge in [-0.3, -0.25) is 0 Å². The van der Waals surface area contributed by atoms with Gasteiger partial charge in [-0.1, -0.05) is 0 Å². The molecule has 13 heavy (non-hydrogen) atoms. The lowest BCUT2D eigenvalue weighted by Gasteiger charge is -2.28. The van der Waals surface area contributed by atoms with Crippen molar-refractivity contribution in [2.75, 3.05) is 13.2 Å². The molecule has 3 saturated heterocycles. The quantitative estimate of drug-likeness (QED) is 0.574. The van der Waals surface area contributed by atoms with Crippen LogP contribution in [0.25, 0.3) is 0 Å². The average Bonchev–Trinajstić information content (AvgIpc) is 2.81. The molecule has 3 fully saturated rings. The molecule has 3 nitrogen and oxygen atoms in total. The fraction of sp³-hybridized carbons (Fsp3) is 1.00. The molecule has 2 spiro atoms. The average molecular weight is 184 g/mol. The van der Waals surface area contributed by atoms with Crippen molar-refractivity contribution in [3.05, 3.63) is 0 Å². The first-order chi connectivity index (χ1) is 6.33. The molecule has 0 N–H and O–H groups in total. The highest BCUT2D eigenvalue weighted by atomic mass is 16.8. The van der Waals surface area contributed by atoms with E-state index in [9.17, 15) is 0 Å². The summed E-state index contributed by atoms with van der Waals surface area (Å²) in [5, 5.41) is 0. The van der Waals surface area contributed by atoms with Crippen molar-refractivity contribution in [2.24, 2.45) is 0 Å². The zero-order valence-corrected chi connectivity index (χ0v) is 7.88. The lowest BCUT2D eigenvalue weighted by Crippen LogP contribution is -2.34. The van der Waals surface area contributed by atoms with Gasteiger partial charge in [0.05, 0.1) is 13.2 Å². The van der Waals surface area contributed by atoms with E-state index < -0.39 is 0 Å². The van der Waals surface area contributed by atoms with Gasteiger partial charge < -0.3 is 14.2 Å². The van der Waals surface area contributed by atoms with Crippen molar-refractivity contribution in [3.63, 3.8) is 0 Å². The second kappa shape index (κ2) is 2.69. The molecule has 2 atom stereocenters. The number of rotatable bonds is 0. The standard InChI is InChI=1S/C10H16O3/c1-3-9(11-7-1)5-6-10(13-9)4-2-8-12-10/h1-8H2/t9-,10+. The van der Waals surface area contributed by atoms with Crippen molar-refractivity contribution >= 4 is 0 Å². The zero-order valence-electron chi connectivity index (χ0n) is 7.88. The van der Waals surface area contributed by atoms with Crippen LogP contribution in [0.1, 0.15) is 38.5 Å². The van der Waals surface area contributed by atoms with Crippen molar-refractivity contribution in [1.29, 1.82) is 0 Å². The van der Waals surface area contributed by atoms with E-state index in [1.54, 1.807) is 0 Å². The normalized spacial score (nSPS) is 49.8. The van der Waals surface area contributed by atoms with Crippen LogP contribution in [0.15, 0.2) is 0 Å². The van der Waals surface area contributed by atoms with E-state index in [2.05, 4.69) is 0 Å². The summed E-state index contributed by atoms with van der Waals surface area (Å²) in [5.41, 5.74) is 0. The molecule has 0 aromatic rings. The fourth-order valence-corrected chi connectivity index (χ4v) is 2.72. The van der Waals surface area contributed by atoms with Gasteiger partial charge in [-0.2, -0.15) is 0 Å². The molecule has 3 rings (SSSR count). The number of hydrogen-bond acceptors (Lipinski definition) is 3. The number of hydrogen-bond donors (Lipinski definition) is 0. The molecule has 0 unspecified atom stereocenters. The van der Waals surface area contributed by atoms with Crippen LogP contribution >= 0.6 is 0 Å². The summed E-state index contributed by atoms with van der Waals surface area (Å²) in [6.07, 6.45) is 6.42. The molecule has 0 aromatic carbocycles. The Balaban J connectivity index is 1.76. The van der Waals surface area contributed by atoms with Crippen molar-refractivity contribution in [2.45, 2.75) is 50.1 Å². The molecule has 74 valence electrons. The van der Waals surface area contributed by atoms with Crippen LogP contribution in [-0.2, 0) is 14.2 Å². The topological polar surface area (TPSA) is 27.7 Å². The lowest BCUT2D eigenvalue weighted by atomic mass is 10.1. The summed E-state index contributed by atoms with van der Waals surface area (Å²) in [7, 11) is 0. The molecule has 0 aliphatic carbocycles. The first kappa shape index (κ1) is 8.21. The Labute approximate surface area is 78.3 Å². The lowest BCUT2D eigenvalue weighted by molar-refractivity contribution is -0.292. The van der Waals surface area contributed by atoms with Crippen LogP contribution in [0.5, 0.6) is 0 Å². The van der Waals surface area contributed by atoms with Crippen LogP contribution < -0.4 is 0 Å². The second-order valence-corrected chi connectivity index (χ2v) is 4.33. The van der Waals surface area contributed by atoms with E-state index in [-0.39, 0.29) is 11.6 Å². The third kappa shape index (κ3) is 1.22. The molecule has 3 heteroatoms. The maximum atomic E-state index is 6.01. The summed E-state index contributed by atoms with van der Waals surface area (Å²) in [4.78, 5) is 0. The Bertz CT molecular complexity index is 180. The zero-order chi connectivity index (χ0) is 8.78. The van der Waals surface area contributed by atoms with Gasteiger partial charge in [-0.05, 0) is 12.8 Å². The second-order valence-electron chi connectivity index (χ2n) is 4.33. The maximum absolute atomic E-state index is 6.01. The van der Waals surface area contributed by atoms with Gasteiger partial charge in [0.25, 0.3) is 0 Å². The third-order valence-corrected chi connectivity index (χ3v) is 3.39. The highest BCUT2D eigenvalue weighted by molar-refractivity contribution is 4.91. The molecule has 3 aliphatic rings. The van der Waals surface area contributed by atoms with Crippen LogP contribution in [0.4, 0.5) is 0 Å². The molecule has 0 bridgehead atoms. The summed E-state index contributed by atoms with van der Waals surface area (Å²) in [5.74, 6) is -0.519. The van der Waals surface area contributed by atoms with E-state index in [0.717, 1.165) is 51.7 Å². The van der Waals surface area contributed by atoms with E-state index >= 15 is 0 Å². The summed E-state index contributed by atoms with van der Waals surface area (Å²) >= 11 is 0. The van der Waals surface area contributed by atoms with Gasteiger partial charge in [-0.25, -0.2) is 0 Å². The largest absolute Gasteiger partial charge is 0.350 e. The first-order valence-electron chi connectivity index (χ1n) is 5.31. The van der Waals surface area contributed by atoms with Gasteiger partial charge in [0.15, 0.2) is 11.6 Å². The van der Waals surface area contributed by atoms with Gasteiger partial charge in [0.1, 0.15) is 0 Å². The van der Waals surface area contributed by atoms with Crippen LogP contribution in [0, 0.1) is 0 Å². The SMILES string of the molecule is C1CO[C@]2(C1)CC[C@@]1(CCCO1)O2. The Kier molecular flexibility index (Phi) is 1.70. The Morgan fingerprint density at radius 3 is 1.62 bits per heavy atom. The maximum Gasteiger partial charge on any atom is 0.172 e. The Morgan fingerprint density at radius 2 is 1.23 bits per heavy atom. The van der Waals surface area contributed by atoms with E-state index in [0.29, 0.717) is 0 Å². The van der Waals surface area contributed by atoms with Crippen molar-refractivity contribution in [3.8, 4) is 0 Å². The molecule has 3 aliphatic heterocycles. The molecular formula is C10H16O3. The Morgan fingerprint density at radius 1 is 0.692 bits per heavy atom. The molecule has 0 amide bonds. The Hall–Kier alpha value is -0.120. The summed E-state index contributed by atoms with van der Waals surface area (Å²) in [6.45, 7) is 1.71.